The monoisotopic (exact) mass is 170 g/mol. The molecule has 0 aliphatic rings. The van der Waals surface area contributed by atoms with Crippen molar-refractivity contribution in [2.75, 3.05) is 6.61 Å². The molecule has 0 saturated carbocycles. The summed E-state index contributed by atoms with van der Waals surface area (Å²) >= 11 is 0. The molecule has 0 spiro atoms. The highest BCUT2D eigenvalue weighted by Crippen LogP contribution is 2.07. The second kappa shape index (κ2) is 5.95. The molecule has 0 fully saturated rings. The van der Waals surface area contributed by atoms with Crippen molar-refractivity contribution >= 4 is 5.78 Å². The van der Waals surface area contributed by atoms with Gasteiger partial charge < -0.3 is 5.11 Å². The van der Waals surface area contributed by atoms with Gasteiger partial charge in [0.1, 0.15) is 5.78 Å². The van der Waals surface area contributed by atoms with Gasteiger partial charge in [0, 0.05) is 12.3 Å². The number of aliphatic hydroxyl groups is 1. The molecule has 0 heterocycles. The van der Waals surface area contributed by atoms with Crippen LogP contribution in [0.25, 0.3) is 0 Å². The van der Waals surface area contributed by atoms with E-state index in [9.17, 15) is 4.79 Å². The van der Waals surface area contributed by atoms with Crippen molar-refractivity contribution in [3.05, 3.63) is 11.6 Å². The first kappa shape index (κ1) is 11.4. The zero-order chi connectivity index (χ0) is 9.56. The molecular formula is C10H18O2. The van der Waals surface area contributed by atoms with Crippen molar-refractivity contribution in [1.29, 1.82) is 0 Å². The number of carbonyl (C=O) groups is 1. The summed E-state index contributed by atoms with van der Waals surface area (Å²) in [7, 11) is 0. The summed E-state index contributed by atoms with van der Waals surface area (Å²) in [6.45, 7) is 5.83. The summed E-state index contributed by atoms with van der Waals surface area (Å²) in [5.74, 6) is 0.424. The number of Topliss-reactive ketones (excluding diaryl/α,β-unsaturated/α-hetero) is 1. The Bertz CT molecular complexity index is 169. The standard InChI is InChI=1S/C10H18O2/c1-8(2)10(12)5-4-9(3)6-7-11/h6,8,11H,4-5,7H2,1-3H3. The molecule has 0 bridgehead atoms. The predicted octanol–water partition coefficient (Wildman–Crippen LogP) is 1.93. The van der Waals surface area contributed by atoms with E-state index in [2.05, 4.69) is 0 Å². The van der Waals surface area contributed by atoms with Gasteiger partial charge in [-0.3, -0.25) is 4.79 Å². The van der Waals surface area contributed by atoms with Crippen LogP contribution < -0.4 is 0 Å². The van der Waals surface area contributed by atoms with E-state index in [0.29, 0.717) is 12.2 Å². The normalized spacial score (nSPS) is 12.2. The minimum atomic E-state index is 0.0711. The van der Waals surface area contributed by atoms with Crippen molar-refractivity contribution in [2.45, 2.75) is 33.6 Å². The molecule has 0 unspecified atom stereocenters. The molecule has 0 rings (SSSR count). The minimum absolute atomic E-state index is 0.0711. The number of allylic oxidation sites excluding steroid dienone is 1. The van der Waals surface area contributed by atoms with Gasteiger partial charge >= 0.3 is 0 Å². The molecule has 0 radical (unpaired) electrons. The molecule has 0 aromatic carbocycles. The fraction of sp³-hybridized carbons (Fsp3) is 0.700. The van der Waals surface area contributed by atoms with Crippen LogP contribution in [0.5, 0.6) is 0 Å². The van der Waals surface area contributed by atoms with Crippen LogP contribution in [0.1, 0.15) is 33.6 Å². The number of ketones is 1. The highest BCUT2D eigenvalue weighted by molar-refractivity contribution is 5.80. The lowest BCUT2D eigenvalue weighted by Crippen LogP contribution is -2.06. The lowest BCUT2D eigenvalue weighted by Gasteiger charge is -2.03. The number of rotatable bonds is 5. The zero-order valence-corrected chi connectivity index (χ0v) is 8.13. The molecule has 0 saturated heterocycles. The van der Waals surface area contributed by atoms with Crippen LogP contribution in [0.3, 0.4) is 0 Å². The molecule has 2 heteroatoms. The Morgan fingerprint density at radius 1 is 1.42 bits per heavy atom. The molecule has 0 aromatic heterocycles. The average Bonchev–Trinajstić information content (AvgIpc) is 2.00. The van der Waals surface area contributed by atoms with Gasteiger partial charge in [-0.1, -0.05) is 25.5 Å². The molecule has 0 atom stereocenters. The quantitative estimate of drug-likeness (QED) is 0.640. The molecule has 0 aliphatic carbocycles. The first-order chi connectivity index (χ1) is 5.57. The third-order valence-corrected chi connectivity index (χ3v) is 1.85. The number of aliphatic hydroxyl groups excluding tert-OH is 1. The first-order valence-corrected chi connectivity index (χ1v) is 4.37. The number of hydrogen-bond acceptors (Lipinski definition) is 2. The number of carbonyl (C=O) groups excluding carboxylic acids is 1. The Morgan fingerprint density at radius 3 is 2.42 bits per heavy atom. The lowest BCUT2D eigenvalue weighted by molar-refractivity contribution is -0.121. The van der Waals surface area contributed by atoms with E-state index in [1.165, 1.54) is 0 Å². The molecule has 0 amide bonds. The van der Waals surface area contributed by atoms with Crippen molar-refractivity contribution in [3.8, 4) is 0 Å². The largest absolute Gasteiger partial charge is 0.392 e. The topological polar surface area (TPSA) is 37.3 Å². The first-order valence-electron chi connectivity index (χ1n) is 4.37. The summed E-state index contributed by atoms with van der Waals surface area (Å²) in [6, 6.07) is 0. The van der Waals surface area contributed by atoms with Crippen LogP contribution in [-0.2, 0) is 4.79 Å². The summed E-state index contributed by atoms with van der Waals surface area (Å²) in [5.41, 5.74) is 1.09. The smallest absolute Gasteiger partial charge is 0.135 e. The van der Waals surface area contributed by atoms with E-state index in [4.69, 9.17) is 5.11 Å². The fourth-order valence-corrected chi connectivity index (χ4v) is 0.867. The van der Waals surface area contributed by atoms with Gasteiger partial charge in [0.15, 0.2) is 0 Å². The van der Waals surface area contributed by atoms with Crippen molar-refractivity contribution in [1.82, 2.24) is 0 Å². The van der Waals surface area contributed by atoms with Gasteiger partial charge in [0.25, 0.3) is 0 Å². The summed E-state index contributed by atoms with van der Waals surface area (Å²) in [4.78, 5) is 11.2. The zero-order valence-electron chi connectivity index (χ0n) is 8.13. The van der Waals surface area contributed by atoms with E-state index in [-0.39, 0.29) is 12.5 Å². The predicted molar refractivity (Wildman–Crippen MR) is 49.9 cm³/mol. The second-order valence-electron chi connectivity index (χ2n) is 3.35. The van der Waals surface area contributed by atoms with Gasteiger partial charge in [0.2, 0.25) is 0 Å². The van der Waals surface area contributed by atoms with Crippen LogP contribution in [0.2, 0.25) is 0 Å². The highest BCUT2D eigenvalue weighted by Gasteiger charge is 2.06. The maximum atomic E-state index is 11.2. The fourth-order valence-electron chi connectivity index (χ4n) is 0.867. The molecule has 70 valence electrons. The van der Waals surface area contributed by atoms with Gasteiger partial charge in [-0.25, -0.2) is 0 Å². The minimum Gasteiger partial charge on any atom is -0.392 e. The Morgan fingerprint density at radius 2 is 2.00 bits per heavy atom. The highest BCUT2D eigenvalue weighted by atomic mass is 16.2. The molecule has 1 N–H and O–H groups in total. The van der Waals surface area contributed by atoms with Crippen molar-refractivity contribution in [3.63, 3.8) is 0 Å². The van der Waals surface area contributed by atoms with E-state index in [1.54, 1.807) is 6.08 Å². The van der Waals surface area contributed by atoms with Gasteiger partial charge in [-0.05, 0) is 13.3 Å². The van der Waals surface area contributed by atoms with Crippen LogP contribution in [0.15, 0.2) is 11.6 Å². The molecule has 0 aromatic rings. The van der Waals surface area contributed by atoms with E-state index in [0.717, 1.165) is 12.0 Å². The molecule has 0 aliphatic heterocycles. The Hall–Kier alpha value is -0.630. The maximum Gasteiger partial charge on any atom is 0.135 e. The lowest BCUT2D eigenvalue weighted by atomic mass is 10.0. The van der Waals surface area contributed by atoms with E-state index in [1.807, 2.05) is 20.8 Å². The van der Waals surface area contributed by atoms with Crippen LogP contribution in [0.4, 0.5) is 0 Å². The van der Waals surface area contributed by atoms with Gasteiger partial charge in [0.05, 0.1) is 6.61 Å². The van der Waals surface area contributed by atoms with Crippen LogP contribution in [-0.4, -0.2) is 17.5 Å². The van der Waals surface area contributed by atoms with E-state index < -0.39 is 0 Å². The van der Waals surface area contributed by atoms with Crippen LogP contribution >= 0.6 is 0 Å². The third kappa shape index (κ3) is 5.08. The van der Waals surface area contributed by atoms with Crippen LogP contribution in [0, 0.1) is 5.92 Å². The van der Waals surface area contributed by atoms with Gasteiger partial charge in [-0.15, -0.1) is 0 Å². The third-order valence-electron chi connectivity index (χ3n) is 1.85. The summed E-state index contributed by atoms with van der Waals surface area (Å²) in [6.07, 6.45) is 3.12. The van der Waals surface area contributed by atoms with Gasteiger partial charge in [-0.2, -0.15) is 0 Å². The average molecular weight is 170 g/mol. The number of hydrogen-bond donors (Lipinski definition) is 1. The van der Waals surface area contributed by atoms with Crippen molar-refractivity contribution < 1.29 is 9.90 Å². The Kier molecular flexibility index (Phi) is 5.64. The SMILES string of the molecule is CC(=CCO)CCC(=O)C(C)C. The summed E-state index contributed by atoms with van der Waals surface area (Å²) < 4.78 is 0. The molecular weight excluding hydrogens is 152 g/mol. The molecule has 2 nitrogen and oxygen atoms in total. The van der Waals surface area contributed by atoms with Crippen molar-refractivity contribution in [2.24, 2.45) is 5.92 Å². The molecule has 12 heavy (non-hydrogen) atoms. The van der Waals surface area contributed by atoms with E-state index >= 15 is 0 Å². The maximum absolute atomic E-state index is 11.2. The Labute approximate surface area is 74.3 Å². The summed E-state index contributed by atoms with van der Waals surface area (Å²) in [5, 5.41) is 8.55. The second-order valence-corrected chi connectivity index (χ2v) is 3.35. The Balaban J connectivity index is 3.69.